The van der Waals surface area contributed by atoms with Gasteiger partial charge in [0, 0.05) is 29.2 Å². The topological polar surface area (TPSA) is 58.0 Å². The van der Waals surface area contributed by atoms with E-state index in [2.05, 4.69) is 44.4 Å². The minimum absolute atomic E-state index is 0.00464. The molecular weight excluding hydrogens is 306 g/mol. The summed E-state index contributed by atoms with van der Waals surface area (Å²) in [5.74, 6) is 0.632. The Labute approximate surface area is 119 Å². The van der Waals surface area contributed by atoms with Gasteiger partial charge < -0.3 is 10.4 Å². The van der Waals surface area contributed by atoms with Crippen molar-refractivity contribution in [2.45, 2.75) is 0 Å². The van der Waals surface area contributed by atoms with Crippen molar-refractivity contribution in [2.24, 2.45) is 0 Å². The third kappa shape index (κ3) is 3.42. The van der Waals surface area contributed by atoms with Crippen molar-refractivity contribution in [1.29, 1.82) is 0 Å². The molecule has 5 heteroatoms. The van der Waals surface area contributed by atoms with Crippen LogP contribution in [0.3, 0.4) is 0 Å². The summed E-state index contributed by atoms with van der Waals surface area (Å²) in [7, 11) is 0. The third-order valence-corrected chi connectivity index (χ3v) is 2.92. The van der Waals surface area contributed by atoms with Crippen molar-refractivity contribution in [3.05, 3.63) is 65.5 Å². The molecule has 0 bridgehead atoms. The number of anilines is 1. The average Bonchev–Trinajstić information content (AvgIpc) is 2.40. The molecule has 2 rings (SSSR count). The Morgan fingerprint density at radius 3 is 2.26 bits per heavy atom. The molecule has 0 amide bonds. The van der Waals surface area contributed by atoms with E-state index in [9.17, 15) is 5.11 Å². The Balaban J connectivity index is 2.10. The van der Waals surface area contributed by atoms with E-state index in [-0.39, 0.29) is 5.76 Å². The number of nitrogens with zero attached hydrogens (tertiary/aromatic N) is 2. The largest absolute Gasteiger partial charge is 0.508 e. The van der Waals surface area contributed by atoms with Gasteiger partial charge in [0.05, 0.1) is 0 Å². The summed E-state index contributed by atoms with van der Waals surface area (Å²) < 4.78 is 0.771. The molecule has 0 aliphatic rings. The molecule has 96 valence electrons. The van der Waals surface area contributed by atoms with E-state index < -0.39 is 0 Å². The van der Waals surface area contributed by atoms with Crippen molar-refractivity contribution < 1.29 is 5.11 Å². The molecular formula is C14H12BrN3O. The zero-order chi connectivity index (χ0) is 13.8. The molecule has 2 aromatic rings. The molecule has 0 spiro atoms. The van der Waals surface area contributed by atoms with Crippen molar-refractivity contribution >= 4 is 33.2 Å². The first-order valence-corrected chi connectivity index (χ1v) is 6.28. The van der Waals surface area contributed by atoms with Crippen molar-refractivity contribution in [3.63, 3.8) is 0 Å². The molecule has 2 N–H and O–H groups in total. The number of rotatable bonds is 4. The highest BCUT2D eigenvalue weighted by Gasteiger charge is 2.02. The van der Waals surface area contributed by atoms with E-state index in [4.69, 9.17) is 0 Å². The lowest BCUT2D eigenvalue weighted by Gasteiger charge is -2.09. The van der Waals surface area contributed by atoms with Crippen LogP contribution in [0.1, 0.15) is 11.1 Å². The van der Waals surface area contributed by atoms with Gasteiger partial charge in [-0.05, 0) is 40.2 Å². The molecule has 0 atom stereocenters. The van der Waals surface area contributed by atoms with Crippen LogP contribution in [0, 0.1) is 0 Å². The normalized spacial score (nSPS) is 9.95. The van der Waals surface area contributed by atoms with Gasteiger partial charge in [0.25, 0.3) is 0 Å². The lowest BCUT2D eigenvalue weighted by atomic mass is 10.2. The van der Waals surface area contributed by atoms with Gasteiger partial charge in [-0.15, -0.1) is 0 Å². The fourth-order valence-electron chi connectivity index (χ4n) is 1.42. The maximum Gasteiger partial charge on any atom is 0.130 e. The Morgan fingerprint density at radius 1 is 1.05 bits per heavy atom. The van der Waals surface area contributed by atoms with Gasteiger partial charge >= 0.3 is 0 Å². The van der Waals surface area contributed by atoms with E-state index in [1.54, 1.807) is 18.3 Å². The van der Waals surface area contributed by atoms with Crippen LogP contribution >= 0.6 is 15.9 Å². The third-order valence-electron chi connectivity index (χ3n) is 2.45. The van der Waals surface area contributed by atoms with Crippen LogP contribution in [-0.2, 0) is 0 Å². The molecule has 0 saturated heterocycles. The molecule has 19 heavy (non-hydrogen) atoms. The molecule has 4 nitrogen and oxygen atoms in total. The van der Waals surface area contributed by atoms with E-state index in [0.29, 0.717) is 17.1 Å². The summed E-state index contributed by atoms with van der Waals surface area (Å²) in [5, 5.41) is 12.3. The Kier molecular flexibility index (Phi) is 3.97. The number of aliphatic hydroxyl groups is 1. The lowest BCUT2D eigenvalue weighted by molar-refractivity contribution is 0.513. The maximum absolute atomic E-state index is 9.22. The first kappa shape index (κ1) is 13.3. The Morgan fingerprint density at radius 2 is 1.74 bits per heavy atom. The lowest BCUT2D eigenvalue weighted by Crippen LogP contribution is -2.00. The number of pyridine rings is 2. The fraction of sp³-hybridized carbons (Fsp3) is 0. The van der Waals surface area contributed by atoms with Gasteiger partial charge in [0.1, 0.15) is 16.2 Å². The second kappa shape index (κ2) is 5.67. The average molecular weight is 318 g/mol. The highest BCUT2D eigenvalue weighted by atomic mass is 79.9. The number of aliphatic hydroxyl groups excluding tert-OH is 1. The molecule has 0 aliphatic carbocycles. The first-order valence-electron chi connectivity index (χ1n) is 5.48. The number of hydrogen-bond donors (Lipinski definition) is 2. The van der Waals surface area contributed by atoms with Crippen LogP contribution in [0.25, 0.3) is 11.5 Å². The maximum atomic E-state index is 9.22. The zero-order valence-corrected chi connectivity index (χ0v) is 11.7. The number of halogens is 1. The summed E-state index contributed by atoms with van der Waals surface area (Å²) in [4.78, 5) is 8.29. The van der Waals surface area contributed by atoms with Gasteiger partial charge in [-0.25, -0.2) is 9.97 Å². The molecule has 2 heterocycles. The molecule has 2 aromatic heterocycles. The monoisotopic (exact) mass is 317 g/mol. The van der Waals surface area contributed by atoms with Gasteiger partial charge in [0.15, 0.2) is 0 Å². The van der Waals surface area contributed by atoms with Crippen molar-refractivity contribution in [1.82, 2.24) is 9.97 Å². The Bertz CT molecular complexity index is 606. The van der Waals surface area contributed by atoms with Crippen LogP contribution in [-0.4, -0.2) is 15.1 Å². The van der Waals surface area contributed by atoms with Crippen LogP contribution in [0.4, 0.5) is 5.82 Å². The summed E-state index contributed by atoms with van der Waals surface area (Å²) in [5.41, 5.74) is 2.16. The van der Waals surface area contributed by atoms with Crippen LogP contribution < -0.4 is 5.32 Å². The van der Waals surface area contributed by atoms with Gasteiger partial charge in [-0.3, -0.25) is 0 Å². The molecule has 0 radical (unpaired) electrons. The van der Waals surface area contributed by atoms with E-state index >= 15 is 0 Å². The first-order chi connectivity index (χ1) is 9.06. The highest BCUT2D eigenvalue weighted by Crippen LogP contribution is 2.17. The summed E-state index contributed by atoms with van der Waals surface area (Å²) in [6.45, 7) is 7.37. The van der Waals surface area contributed by atoms with Crippen LogP contribution in [0.15, 0.2) is 54.4 Å². The number of hydrogen-bond acceptors (Lipinski definition) is 4. The molecule has 0 aromatic carbocycles. The van der Waals surface area contributed by atoms with Crippen molar-refractivity contribution in [3.8, 4) is 0 Å². The minimum atomic E-state index is -0.00464. The van der Waals surface area contributed by atoms with Gasteiger partial charge in [0.2, 0.25) is 0 Å². The standard InChI is InChI=1S/C14H12BrN3O/c1-9(11-3-5-13(15)16-7-11)18-14-6-4-12(8-17-14)10(2)19/h3-8,19H,1-2H2,(H,17,18). The van der Waals surface area contributed by atoms with Crippen molar-refractivity contribution in [2.75, 3.05) is 5.32 Å². The Hall–Kier alpha value is -2.14. The SMILES string of the molecule is C=C(O)c1ccc(NC(=C)c2ccc(Br)nc2)nc1. The number of nitrogens with one attached hydrogen (secondary N) is 1. The highest BCUT2D eigenvalue weighted by molar-refractivity contribution is 9.10. The fourth-order valence-corrected chi connectivity index (χ4v) is 1.65. The molecule has 0 unspecified atom stereocenters. The quantitative estimate of drug-likeness (QED) is 0.664. The minimum Gasteiger partial charge on any atom is -0.508 e. The van der Waals surface area contributed by atoms with E-state index in [1.165, 1.54) is 6.20 Å². The summed E-state index contributed by atoms with van der Waals surface area (Å²) >= 11 is 3.28. The second-order valence-corrected chi connectivity index (χ2v) is 4.66. The van der Waals surface area contributed by atoms with E-state index in [0.717, 1.165) is 10.2 Å². The van der Waals surface area contributed by atoms with Gasteiger partial charge in [-0.1, -0.05) is 13.2 Å². The number of aromatic nitrogens is 2. The second-order valence-electron chi connectivity index (χ2n) is 3.85. The molecule has 0 saturated carbocycles. The van der Waals surface area contributed by atoms with Gasteiger partial charge in [-0.2, -0.15) is 0 Å². The zero-order valence-electron chi connectivity index (χ0n) is 10.1. The van der Waals surface area contributed by atoms with Crippen LogP contribution in [0.5, 0.6) is 0 Å². The van der Waals surface area contributed by atoms with E-state index in [1.807, 2.05) is 12.1 Å². The predicted molar refractivity (Wildman–Crippen MR) is 80.5 cm³/mol. The summed E-state index contributed by atoms with van der Waals surface area (Å²) in [6, 6.07) is 7.21. The molecule has 0 fully saturated rings. The predicted octanol–water partition coefficient (Wildman–Crippen LogP) is 3.85. The van der Waals surface area contributed by atoms with Crippen LogP contribution in [0.2, 0.25) is 0 Å². The smallest absolute Gasteiger partial charge is 0.130 e. The molecule has 0 aliphatic heterocycles. The summed E-state index contributed by atoms with van der Waals surface area (Å²) in [6.07, 6.45) is 3.25.